The fourth-order valence-corrected chi connectivity index (χ4v) is 6.49. The molecular weight excluding hydrogens is 496 g/mol. The van der Waals surface area contributed by atoms with Gasteiger partial charge in [0, 0.05) is 11.1 Å². The van der Waals surface area contributed by atoms with E-state index >= 15 is 0 Å². The lowest BCUT2D eigenvalue weighted by molar-refractivity contribution is 0.451. The SMILES string of the molecule is C=CCc1c(O)c(Sc2c(O)c(CC=C)c(CC=C)c(CC=C)c2CC=C)c(CC=C)c(CC=C)c1CC=C. The Balaban J connectivity index is 3.10. The quantitative estimate of drug-likeness (QED) is 0.186. The van der Waals surface area contributed by atoms with Crippen LogP contribution in [0.25, 0.3) is 0 Å². The highest BCUT2D eigenvalue weighted by atomic mass is 32.2. The Kier molecular flexibility index (Phi) is 12.7. The Bertz CT molecular complexity index is 1190. The molecule has 0 aliphatic rings. The maximum atomic E-state index is 11.8. The molecule has 0 spiro atoms. The minimum absolute atomic E-state index is 0.205. The Morgan fingerprint density at radius 3 is 0.821 bits per heavy atom. The largest absolute Gasteiger partial charge is 0.506 e. The normalized spacial score (nSPS) is 10.5. The number of benzene rings is 2. The molecule has 0 unspecified atom stereocenters. The van der Waals surface area contributed by atoms with E-state index in [1.807, 2.05) is 36.5 Å². The van der Waals surface area contributed by atoms with Crippen molar-refractivity contribution in [1.82, 2.24) is 0 Å². The summed E-state index contributed by atoms with van der Waals surface area (Å²) in [6.07, 6.45) is 19.4. The fourth-order valence-electron chi connectivity index (χ4n) is 5.18. The van der Waals surface area contributed by atoms with Crippen LogP contribution in [0.1, 0.15) is 44.5 Å². The van der Waals surface area contributed by atoms with Crippen molar-refractivity contribution in [2.45, 2.75) is 61.2 Å². The zero-order valence-electron chi connectivity index (χ0n) is 23.2. The van der Waals surface area contributed by atoms with Crippen molar-refractivity contribution in [2.75, 3.05) is 0 Å². The molecule has 0 radical (unpaired) electrons. The van der Waals surface area contributed by atoms with Gasteiger partial charge in [-0.25, -0.2) is 0 Å². The number of phenols is 2. The molecule has 0 aromatic heterocycles. The molecule has 0 heterocycles. The van der Waals surface area contributed by atoms with Gasteiger partial charge in [-0.2, -0.15) is 0 Å². The lowest BCUT2D eigenvalue weighted by Crippen LogP contribution is -2.09. The van der Waals surface area contributed by atoms with Gasteiger partial charge in [-0.3, -0.25) is 0 Å². The summed E-state index contributed by atoms with van der Waals surface area (Å²) in [5, 5.41) is 23.5. The van der Waals surface area contributed by atoms with Gasteiger partial charge in [0.1, 0.15) is 11.5 Å². The lowest BCUT2D eigenvalue weighted by atomic mass is 9.88. The second kappa shape index (κ2) is 15.7. The van der Waals surface area contributed by atoms with Crippen LogP contribution in [-0.4, -0.2) is 10.2 Å². The monoisotopic (exact) mass is 538 g/mol. The first-order valence-electron chi connectivity index (χ1n) is 13.2. The maximum absolute atomic E-state index is 11.8. The highest BCUT2D eigenvalue weighted by Crippen LogP contribution is 2.50. The van der Waals surface area contributed by atoms with Crippen molar-refractivity contribution in [1.29, 1.82) is 0 Å². The van der Waals surface area contributed by atoms with Gasteiger partial charge in [-0.15, -0.1) is 52.6 Å². The van der Waals surface area contributed by atoms with Crippen molar-refractivity contribution in [3.63, 3.8) is 0 Å². The molecule has 2 aromatic carbocycles. The number of allylic oxidation sites excluding steroid dienone is 8. The van der Waals surface area contributed by atoms with E-state index in [2.05, 4.69) is 52.6 Å². The summed E-state index contributed by atoms with van der Waals surface area (Å²) < 4.78 is 0. The van der Waals surface area contributed by atoms with E-state index in [9.17, 15) is 10.2 Å². The van der Waals surface area contributed by atoms with E-state index in [-0.39, 0.29) is 11.5 Å². The number of hydrogen-bond acceptors (Lipinski definition) is 3. The number of hydrogen-bond donors (Lipinski definition) is 2. The third-order valence-corrected chi connectivity index (χ3v) is 8.02. The predicted molar refractivity (Wildman–Crippen MR) is 172 cm³/mol. The third-order valence-electron chi connectivity index (χ3n) is 6.73. The summed E-state index contributed by atoms with van der Waals surface area (Å²) in [5.41, 5.74) is 7.89. The first-order valence-corrected chi connectivity index (χ1v) is 14.0. The molecule has 0 saturated heterocycles. The van der Waals surface area contributed by atoms with Gasteiger partial charge in [0.2, 0.25) is 0 Å². The minimum atomic E-state index is 0.205. The highest BCUT2D eigenvalue weighted by molar-refractivity contribution is 7.99. The molecule has 0 fully saturated rings. The van der Waals surface area contributed by atoms with Crippen LogP contribution in [0.4, 0.5) is 0 Å². The van der Waals surface area contributed by atoms with Gasteiger partial charge in [0.15, 0.2) is 0 Å². The van der Waals surface area contributed by atoms with Gasteiger partial charge in [-0.1, -0.05) is 60.4 Å². The average molecular weight is 539 g/mol. The first-order chi connectivity index (χ1) is 18.9. The van der Waals surface area contributed by atoms with E-state index in [0.29, 0.717) is 61.2 Å². The van der Waals surface area contributed by atoms with Gasteiger partial charge >= 0.3 is 0 Å². The topological polar surface area (TPSA) is 40.5 Å². The number of rotatable bonds is 18. The second-order valence-corrected chi connectivity index (χ2v) is 10.2. The first kappa shape index (κ1) is 31.5. The van der Waals surface area contributed by atoms with Crippen molar-refractivity contribution < 1.29 is 10.2 Å². The van der Waals surface area contributed by atoms with E-state index < -0.39 is 0 Å². The Morgan fingerprint density at radius 2 is 0.564 bits per heavy atom. The molecule has 2 aromatic rings. The van der Waals surface area contributed by atoms with Crippen molar-refractivity contribution in [3.8, 4) is 11.5 Å². The number of phenolic OH excluding ortho intramolecular Hbond substituents is 2. The highest BCUT2D eigenvalue weighted by Gasteiger charge is 2.27. The molecule has 0 aliphatic carbocycles. The van der Waals surface area contributed by atoms with Crippen LogP contribution < -0.4 is 0 Å². The van der Waals surface area contributed by atoms with Crippen LogP contribution in [-0.2, 0) is 51.4 Å². The van der Waals surface area contributed by atoms with Crippen molar-refractivity contribution in [2.24, 2.45) is 0 Å². The molecule has 0 atom stereocenters. The molecule has 2 N–H and O–H groups in total. The lowest BCUT2D eigenvalue weighted by Gasteiger charge is -2.26. The standard InChI is InChI=1S/C36H42O2S/c1-9-17-25-27(19-11-3)31(23-15-7)35(33(37)29(25)21-13-5)39-36-32(24-16-8)28(20-12-4)26(18-10-2)30(22-14-6)34(36)38/h9-16,37-38H,1-8,17-24H2. The van der Waals surface area contributed by atoms with Crippen LogP contribution in [0.5, 0.6) is 11.5 Å². The summed E-state index contributed by atoms with van der Waals surface area (Å²) in [6, 6.07) is 0. The van der Waals surface area contributed by atoms with Crippen molar-refractivity contribution >= 4 is 11.8 Å². The fraction of sp³-hybridized carbons (Fsp3) is 0.222. The number of aromatic hydroxyl groups is 2. The molecule has 39 heavy (non-hydrogen) atoms. The Labute approximate surface area is 239 Å². The molecule has 0 saturated carbocycles. The Hall–Kier alpha value is -3.69. The summed E-state index contributed by atoms with van der Waals surface area (Å²) in [7, 11) is 0. The predicted octanol–water partition coefficient (Wildman–Crippen LogP) is 9.08. The average Bonchev–Trinajstić information content (AvgIpc) is 2.92. The summed E-state index contributed by atoms with van der Waals surface area (Å²) >= 11 is 1.40. The zero-order chi connectivity index (χ0) is 28.9. The maximum Gasteiger partial charge on any atom is 0.133 e. The second-order valence-electron chi connectivity index (χ2n) is 9.23. The summed E-state index contributed by atoms with van der Waals surface area (Å²) in [6.45, 7) is 31.7. The van der Waals surface area contributed by atoms with E-state index in [1.54, 1.807) is 12.2 Å². The summed E-state index contributed by atoms with van der Waals surface area (Å²) in [4.78, 5) is 1.42. The summed E-state index contributed by atoms with van der Waals surface area (Å²) in [5.74, 6) is 0.409. The van der Waals surface area contributed by atoms with Gasteiger partial charge in [0.05, 0.1) is 9.79 Å². The van der Waals surface area contributed by atoms with Crippen LogP contribution in [0.3, 0.4) is 0 Å². The molecule has 204 valence electrons. The van der Waals surface area contributed by atoms with Crippen LogP contribution >= 0.6 is 11.8 Å². The Morgan fingerprint density at radius 1 is 0.359 bits per heavy atom. The molecule has 0 bridgehead atoms. The van der Waals surface area contributed by atoms with E-state index in [0.717, 1.165) is 44.5 Å². The molecule has 2 nitrogen and oxygen atoms in total. The molecule has 0 amide bonds. The van der Waals surface area contributed by atoms with E-state index in [1.165, 1.54) is 11.8 Å². The van der Waals surface area contributed by atoms with E-state index in [4.69, 9.17) is 0 Å². The molecule has 2 rings (SSSR count). The third kappa shape index (κ3) is 6.85. The van der Waals surface area contributed by atoms with Crippen LogP contribution in [0, 0.1) is 0 Å². The van der Waals surface area contributed by atoms with Crippen LogP contribution in [0.2, 0.25) is 0 Å². The van der Waals surface area contributed by atoms with Crippen molar-refractivity contribution in [3.05, 3.63) is 146 Å². The molecular formula is C36H42O2S. The van der Waals surface area contributed by atoms with Gasteiger partial charge < -0.3 is 10.2 Å². The minimum Gasteiger partial charge on any atom is -0.506 e. The zero-order valence-corrected chi connectivity index (χ0v) is 24.1. The van der Waals surface area contributed by atoms with Crippen LogP contribution in [0.15, 0.2) is 111 Å². The smallest absolute Gasteiger partial charge is 0.133 e. The molecule has 3 heteroatoms. The van der Waals surface area contributed by atoms with Gasteiger partial charge in [0.25, 0.3) is 0 Å². The molecule has 0 aliphatic heterocycles. The van der Waals surface area contributed by atoms with Gasteiger partial charge in [-0.05, 0) is 84.7 Å².